The molecule has 1 amide bonds. The van der Waals surface area contributed by atoms with Gasteiger partial charge in [-0.05, 0) is 36.2 Å². The van der Waals surface area contributed by atoms with Gasteiger partial charge in [-0.15, -0.1) is 0 Å². The molecule has 0 radical (unpaired) electrons. The molecule has 1 unspecified atom stereocenters. The fourth-order valence-corrected chi connectivity index (χ4v) is 2.91. The molecule has 5 heteroatoms. The van der Waals surface area contributed by atoms with Crippen molar-refractivity contribution >= 4 is 11.6 Å². The Morgan fingerprint density at radius 2 is 2.08 bits per heavy atom. The van der Waals surface area contributed by atoms with Crippen LogP contribution in [0.5, 0.6) is 17.2 Å². The van der Waals surface area contributed by atoms with Crippen molar-refractivity contribution in [1.82, 2.24) is 0 Å². The summed E-state index contributed by atoms with van der Waals surface area (Å²) in [6.45, 7) is 2.61. The summed E-state index contributed by atoms with van der Waals surface area (Å²) >= 11 is 0. The Hall–Kier alpha value is -2.69. The van der Waals surface area contributed by atoms with Gasteiger partial charge < -0.3 is 19.5 Å². The predicted octanol–water partition coefficient (Wildman–Crippen LogP) is 3.15. The van der Waals surface area contributed by atoms with Gasteiger partial charge in [-0.2, -0.15) is 0 Å². The van der Waals surface area contributed by atoms with Gasteiger partial charge in [0.25, 0.3) is 5.91 Å². The highest BCUT2D eigenvalue weighted by molar-refractivity contribution is 6.00. The van der Waals surface area contributed by atoms with Gasteiger partial charge in [-0.1, -0.05) is 19.1 Å². The Morgan fingerprint density at radius 1 is 1.25 bits per heavy atom. The van der Waals surface area contributed by atoms with E-state index in [1.165, 1.54) is 0 Å². The number of carbonyl (C=O) groups excluding carboxylic acids is 1. The molecule has 0 aliphatic carbocycles. The molecule has 1 N–H and O–H groups in total. The molecule has 0 saturated heterocycles. The summed E-state index contributed by atoms with van der Waals surface area (Å²) in [6, 6.07) is 12.5. The number of phenolic OH excluding ortho intramolecular Hbond substituents is 1. The summed E-state index contributed by atoms with van der Waals surface area (Å²) in [5.74, 6) is 1.41. The van der Waals surface area contributed by atoms with Crippen LogP contribution in [-0.2, 0) is 11.2 Å². The van der Waals surface area contributed by atoms with E-state index >= 15 is 0 Å². The number of phenols is 1. The van der Waals surface area contributed by atoms with Crippen molar-refractivity contribution < 1.29 is 19.4 Å². The number of nitrogens with zero attached hydrogens (tertiary/aromatic N) is 1. The zero-order valence-electron chi connectivity index (χ0n) is 13.9. The first-order valence-electron chi connectivity index (χ1n) is 8.06. The summed E-state index contributed by atoms with van der Waals surface area (Å²) in [4.78, 5) is 14.5. The van der Waals surface area contributed by atoms with Gasteiger partial charge in [0.2, 0.25) is 0 Å². The highest BCUT2D eigenvalue weighted by Gasteiger charge is 2.34. The quantitative estimate of drug-likeness (QED) is 0.916. The standard InChI is InChI=1S/C19H21NO4/c1-3-9-20-16-12-14(21)7-8-17(16)24-18(19(20)22)11-13-5-4-6-15(10-13)23-2/h4-8,10,12,18,21H,3,9,11H2,1-2H3. The molecule has 1 heterocycles. The summed E-state index contributed by atoms with van der Waals surface area (Å²) in [5, 5.41) is 9.71. The monoisotopic (exact) mass is 327 g/mol. The molecule has 1 atom stereocenters. The van der Waals surface area contributed by atoms with E-state index in [0.29, 0.717) is 24.4 Å². The lowest BCUT2D eigenvalue weighted by atomic mass is 10.0. The molecule has 2 aromatic carbocycles. The topological polar surface area (TPSA) is 59.0 Å². The Bertz CT molecular complexity index is 744. The Labute approximate surface area is 141 Å². The average molecular weight is 327 g/mol. The molecule has 1 aliphatic rings. The van der Waals surface area contributed by atoms with E-state index in [9.17, 15) is 9.90 Å². The predicted molar refractivity (Wildman–Crippen MR) is 91.9 cm³/mol. The molecule has 0 fully saturated rings. The van der Waals surface area contributed by atoms with Crippen LogP contribution in [0.3, 0.4) is 0 Å². The molecule has 0 bridgehead atoms. The molecule has 0 spiro atoms. The molecule has 126 valence electrons. The lowest BCUT2D eigenvalue weighted by Crippen LogP contribution is -2.47. The second-order valence-corrected chi connectivity index (χ2v) is 5.80. The van der Waals surface area contributed by atoms with Gasteiger partial charge in [0.1, 0.15) is 17.2 Å². The zero-order valence-corrected chi connectivity index (χ0v) is 13.9. The number of hydrogen-bond acceptors (Lipinski definition) is 4. The number of benzene rings is 2. The van der Waals surface area contributed by atoms with Crippen LogP contribution in [0.1, 0.15) is 18.9 Å². The number of aromatic hydroxyl groups is 1. The van der Waals surface area contributed by atoms with Crippen molar-refractivity contribution in [3.8, 4) is 17.2 Å². The van der Waals surface area contributed by atoms with Crippen molar-refractivity contribution in [3.63, 3.8) is 0 Å². The summed E-state index contributed by atoms with van der Waals surface area (Å²) in [7, 11) is 1.62. The fourth-order valence-electron chi connectivity index (χ4n) is 2.91. The zero-order chi connectivity index (χ0) is 17.1. The smallest absolute Gasteiger partial charge is 0.268 e. The summed E-state index contributed by atoms with van der Waals surface area (Å²) in [5.41, 5.74) is 1.61. The van der Waals surface area contributed by atoms with E-state index in [4.69, 9.17) is 9.47 Å². The molecule has 24 heavy (non-hydrogen) atoms. The van der Waals surface area contributed by atoms with Gasteiger partial charge in [-0.3, -0.25) is 4.79 Å². The van der Waals surface area contributed by atoms with Crippen molar-refractivity contribution in [3.05, 3.63) is 48.0 Å². The number of rotatable bonds is 5. The Kier molecular flexibility index (Phi) is 4.60. The minimum absolute atomic E-state index is 0.0854. The SMILES string of the molecule is CCCN1C(=O)C(Cc2cccc(OC)c2)Oc2ccc(O)cc21. The average Bonchev–Trinajstić information content (AvgIpc) is 2.59. The number of ether oxygens (including phenoxy) is 2. The molecule has 3 rings (SSSR count). The van der Waals surface area contributed by atoms with E-state index in [1.54, 1.807) is 30.2 Å². The minimum Gasteiger partial charge on any atom is -0.508 e. The second kappa shape index (κ2) is 6.83. The van der Waals surface area contributed by atoms with Crippen molar-refractivity contribution in [1.29, 1.82) is 0 Å². The van der Waals surface area contributed by atoms with E-state index in [-0.39, 0.29) is 11.7 Å². The highest BCUT2D eigenvalue weighted by atomic mass is 16.5. The van der Waals surface area contributed by atoms with Crippen LogP contribution >= 0.6 is 0 Å². The first kappa shape index (κ1) is 16.2. The molecule has 0 saturated carbocycles. The normalized spacial score (nSPS) is 16.5. The van der Waals surface area contributed by atoms with Crippen LogP contribution in [0.2, 0.25) is 0 Å². The van der Waals surface area contributed by atoms with E-state index in [1.807, 2.05) is 31.2 Å². The van der Waals surface area contributed by atoms with Gasteiger partial charge in [-0.25, -0.2) is 0 Å². The van der Waals surface area contributed by atoms with Crippen LogP contribution in [0.4, 0.5) is 5.69 Å². The third-order valence-corrected chi connectivity index (χ3v) is 4.05. The maximum Gasteiger partial charge on any atom is 0.268 e. The number of hydrogen-bond donors (Lipinski definition) is 1. The third-order valence-electron chi connectivity index (χ3n) is 4.05. The largest absolute Gasteiger partial charge is 0.508 e. The summed E-state index contributed by atoms with van der Waals surface area (Å²) < 4.78 is 11.1. The van der Waals surface area contributed by atoms with Crippen molar-refractivity contribution in [2.75, 3.05) is 18.6 Å². The maximum atomic E-state index is 12.8. The van der Waals surface area contributed by atoms with E-state index in [2.05, 4.69) is 0 Å². The second-order valence-electron chi connectivity index (χ2n) is 5.80. The van der Waals surface area contributed by atoms with Gasteiger partial charge >= 0.3 is 0 Å². The number of fused-ring (bicyclic) bond motifs is 1. The maximum absolute atomic E-state index is 12.8. The fraction of sp³-hybridized carbons (Fsp3) is 0.316. The van der Waals surface area contributed by atoms with Crippen LogP contribution in [-0.4, -0.2) is 30.8 Å². The number of anilines is 1. The van der Waals surface area contributed by atoms with Crippen molar-refractivity contribution in [2.24, 2.45) is 0 Å². The van der Waals surface area contributed by atoms with Crippen molar-refractivity contribution in [2.45, 2.75) is 25.9 Å². The molecule has 1 aliphatic heterocycles. The van der Waals surface area contributed by atoms with Crippen LogP contribution in [0.15, 0.2) is 42.5 Å². The first-order valence-corrected chi connectivity index (χ1v) is 8.06. The van der Waals surface area contributed by atoms with Gasteiger partial charge in [0.05, 0.1) is 12.8 Å². The molecular formula is C19H21NO4. The minimum atomic E-state index is -0.583. The van der Waals surface area contributed by atoms with Crippen LogP contribution in [0.25, 0.3) is 0 Å². The van der Waals surface area contributed by atoms with Gasteiger partial charge in [0, 0.05) is 19.0 Å². The number of amides is 1. The summed E-state index contributed by atoms with van der Waals surface area (Å²) in [6.07, 6.45) is 0.712. The third kappa shape index (κ3) is 3.15. The molecule has 0 aromatic heterocycles. The molecule has 2 aromatic rings. The molecular weight excluding hydrogens is 306 g/mol. The van der Waals surface area contributed by atoms with Crippen LogP contribution < -0.4 is 14.4 Å². The first-order chi connectivity index (χ1) is 11.6. The molecule has 5 nitrogen and oxygen atoms in total. The van der Waals surface area contributed by atoms with Crippen LogP contribution in [0, 0.1) is 0 Å². The van der Waals surface area contributed by atoms with Gasteiger partial charge in [0.15, 0.2) is 6.10 Å². The lowest BCUT2D eigenvalue weighted by Gasteiger charge is -2.34. The number of carbonyl (C=O) groups is 1. The van der Waals surface area contributed by atoms with E-state index in [0.717, 1.165) is 17.7 Å². The lowest BCUT2D eigenvalue weighted by molar-refractivity contribution is -0.126. The highest BCUT2D eigenvalue weighted by Crippen LogP contribution is 2.37. The number of methoxy groups -OCH3 is 1. The Morgan fingerprint density at radius 3 is 2.83 bits per heavy atom. The van der Waals surface area contributed by atoms with E-state index < -0.39 is 6.10 Å². The Balaban J connectivity index is 1.89.